The van der Waals surface area contributed by atoms with Crippen LogP contribution < -0.4 is 5.32 Å². The van der Waals surface area contributed by atoms with Crippen LogP contribution in [-0.4, -0.2) is 12.1 Å². The fourth-order valence-corrected chi connectivity index (χ4v) is 2.15. The highest BCUT2D eigenvalue weighted by Crippen LogP contribution is 2.23. The molecule has 0 amide bonds. The molecule has 0 spiro atoms. The Hall–Kier alpha value is -0.300. The lowest BCUT2D eigenvalue weighted by Gasteiger charge is -2.25. The van der Waals surface area contributed by atoms with Gasteiger partial charge in [0.05, 0.1) is 0 Å². The van der Waals surface area contributed by atoms with Crippen LogP contribution in [0.2, 0.25) is 0 Å². The van der Waals surface area contributed by atoms with Crippen molar-refractivity contribution >= 4 is 0 Å². The maximum absolute atomic E-state index is 3.81. The number of hydrogen-bond donors (Lipinski definition) is 1. The van der Waals surface area contributed by atoms with E-state index in [2.05, 4.69) is 25.7 Å². The minimum absolute atomic E-state index is 0.463. The molecule has 76 valence electrons. The average Bonchev–Trinajstić information content (AvgIpc) is 2.32. The molecule has 1 saturated carbocycles. The molecule has 1 nitrogen and oxygen atoms in total. The second-order valence-corrected chi connectivity index (χ2v) is 4.41. The SMILES string of the molecule is C=CC(C)NC1CCCCCC1C. The van der Waals surface area contributed by atoms with Crippen molar-refractivity contribution < 1.29 is 0 Å². The summed E-state index contributed by atoms with van der Waals surface area (Å²) in [6.07, 6.45) is 8.97. The van der Waals surface area contributed by atoms with Gasteiger partial charge in [-0.15, -0.1) is 6.58 Å². The van der Waals surface area contributed by atoms with E-state index >= 15 is 0 Å². The monoisotopic (exact) mass is 181 g/mol. The van der Waals surface area contributed by atoms with Gasteiger partial charge in [-0.2, -0.15) is 0 Å². The summed E-state index contributed by atoms with van der Waals surface area (Å²) in [5.41, 5.74) is 0. The zero-order valence-corrected chi connectivity index (χ0v) is 9.05. The Morgan fingerprint density at radius 3 is 2.69 bits per heavy atom. The van der Waals surface area contributed by atoms with Gasteiger partial charge in [0.15, 0.2) is 0 Å². The smallest absolute Gasteiger partial charge is 0.0221 e. The quantitative estimate of drug-likeness (QED) is 0.521. The van der Waals surface area contributed by atoms with Gasteiger partial charge in [0.1, 0.15) is 0 Å². The summed E-state index contributed by atoms with van der Waals surface area (Å²) in [5.74, 6) is 0.838. The van der Waals surface area contributed by atoms with E-state index in [1.165, 1.54) is 32.1 Å². The summed E-state index contributed by atoms with van der Waals surface area (Å²) in [5, 5.41) is 3.64. The van der Waals surface area contributed by atoms with Crippen LogP contribution in [0.15, 0.2) is 12.7 Å². The van der Waals surface area contributed by atoms with Gasteiger partial charge >= 0.3 is 0 Å². The molecule has 1 heteroatoms. The van der Waals surface area contributed by atoms with Crippen molar-refractivity contribution in [2.45, 2.75) is 58.0 Å². The molecule has 1 aliphatic rings. The van der Waals surface area contributed by atoms with Gasteiger partial charge < -0.3 is 5.32 Å². The van der Waals surface area contributed by atoms with Crippen LogP contribution in [0.1, 0.15) is 46.0 Å². The zero-order valence-electron chi connectivity index (χ0n) is 9.05. The minimum Gasteiger partial charge on any atom is -0.308 e. The van der Waals surface area contributed by atoms with Gasteiger partial charge in [-0.05, 0) is 25.7 Å². The number of nitrogens with one attached hydrogen (secondary N) is 1. The van der Waals surface area contributed by atoms with E-state index in [4.69, 9.17) is 0 Å². The minimum atomic E-state index is 0.463. The predicted octanol–water partition coefficient (Wildman–Crippen LogP) is 3.12. The molecule has 0 aromatic rings. The fourth-order valence-electron chi connectivity index (χ4n) is 2.15. The summed E-state index contributed by atoms with van der Waals surface area (Å²) in [4.78, 5) is 0. The van der Waals surface area contributed by atoms with Crippen molar-refractivity contribution in [1.29, 1.82) is 0 Å². The third-order valence-electron chi connectivity index (χ3n) is 3.19. The standard InChI is InChI=1S/C12H23N/c1-4-11(3)13-12-9-7-5-6-8-10(12)2/h4,10-13H,1,5-9H2,2-3H3. The number of rotatable bonds is 3. The molecule has 0 saturated heterocycles. The third-order valence-corrected chi connectivity index (χ3v) is 3.19. The lowest BCUT2D eigenvalue weighted by Crippen LogP contribution is -2.39. The molecule has 0 bridgehead atoms. The molecular weight excluding hydrogens is 158 g/mol. The normalized spacial score (nSPS) is 32.2. The molecular formula is C12H23N. The summed E-state index contributed by atoms with van der Waals surface area (Å²) >= 11 is 0. The molecule has 0 radical (unpaired) electrons. The Kier molecular flexibility index (Phi) is 4.51. The molecule has 3 atom stereocenters. The lowest BCUT2D eigenvalue weighted by molar-refractivity contribution is 0.345. The maximum atomic E-state index is 3.81. The van der Waals surface area contributed by atoms with Crippen LogP contribution >= 0.6 is 0 Å². The fraction of sp³-hybridized carbons (Fsp3) is 0.833. The average molecular weight is 181 g/mol. The van der Waals surface area contributed by atoms with E-state index in [1.54, 1.807) is 0 Å². The highest BCUT2D eigenvalue weighted by molar-refractivity contribution is 4.87. The summed E-state index contributed by atoms with van der Waals surface area (Å²) < 4.78 is 0. The maximum Gasteiger partial charge on any atom is 0.0221 e. The van der Waals surface area contributed by atoms with E-state index in [-0.39, 0.29) is 0 Å². The first-order valence-corrected chi connectivity index (χ1v) is 5.62. The predicted molar refractivity (Wildman–Crippen MR) is 58.8 cm³/mol. The van der Waals surface area contributed by atoms with Crippen LogP contribution in [0.4, 0.5) is 0 Å². The Bertz CT molecular complexity index is 153. The Balaban J connectivity index is 2.40. The molecule has 13 heavy (non-hydrogen) atoms. The van der Waals surface area contributed by atoms with Gasteiger partial charge in [0.25, 0.3) is 0 Å². The van der Waals surface area contributed by atoms with Crippen molar-refractivity contribution in [1.82, 2.24) is 5.32 Å². The van der Waals surface area contributed by atoms with Crippen molar-refractivity contribution in [3.8, 4) is 0 Å². The highest BCUT2D eigenvalue weighted by atomic mass is 14.9. The summed E-state index contributed by atoms with van der Waals surface area (Å²) in [6, 6.07) is 1.18. The Morgan fingerprint density at radius 2 is 2.00 bits per heavy atom. The third kappa shape index (κ3) is 3.51. The Morgan fingerprint density at radius 1 is 1.31 bits per heavy atom. The topological polar surface area (TPSA) is 12.0 Å². The first kappa shape index (κ1) is 10.8. The van der Waals surface area contributed by atoms with E-state index in [9.17, 15) is 0 Å². The summed E-state index contributed by atoms with van der Waals surface area (Å²) in [7, 11) is 0. The van der Waals surface area contributed by atoms with Crippen LogP contribution in [0.5, 0.6) is 0 Å². The van der Waals surface area contributed by atoms with Crippen molar-refractivity contribution in [3.63, 3.8) is 0 Å². The van der Waals surface area contributed by atoms with Gasteiger partial charge in [-0.3, -0.25) is 0 Å². The molecule has 0 aromatic heterocycles. The Labute approximate surface area is 82.6 Å². The van der Waals surface area contributed by atoms with E-state index in [0.29, 0.717) is 6.04 Å². The number of hydrogen-bond acceptors (Lipinski definition) is 1. The van der Waals surface area contributed by atoms with Gasteiger partial charge in [-0.25, -0.2) is 0 Å². The molecule has 0 heterocycles. The van der Waals surface area contributed by atoms with Gasteiger partial charge in [0, 0.05) is 12.1 Å². The van der Waals surface area contributed by atoms with E-state index in [0.717, 1.165) is 12.0 Å². The second kappa shape index (κ2) is 5.43. The van der Waals surface area contributed by atoms with Crippen molar-refractivity contribution in [3.05, 3.63) is 12.7 Å². The van der Waals surface area contributed by atoms with E-state index in [1.807, 2.05) is 6.08 Å². The first-order valence-electron chi connectivity index (χ1n) is 5.62. The second-order valence-electron chi connectivity index (χ2n) is 4.41. The molecule has 3 unspecified atom stereocenters. The largest absolute Gasteiger partial charge is 0.308 e. The van der Waals surface area contributed by atoms with E-state index < -0.39 is 0 Å². The van der Waals surface area contributed by atoms with Crippen molar-refractivity contribution in [2.24, 2.45) is 5.92 Å². The summed E-state index contributed by atoms with van der Waals surface area (Å²) in [6.45, 7) is 8.37. The van der Waals surface area contributed by atoms with Crippen molar-refractivity contribution in [2.75, 3.05) is 0 Å². The molecule has 1 aliphatic carbocycles. The zero-order chi connectivity index (χ0) is 9.68. The van der Waals surface area contributed by atoms with Gasteiger partial charge in [0.2, 0.25) is 0 Å². The lowest BCUT2D eigenvalue weighted by atomic mass is 9.96. The van der Waals surface area contributed by atoms with Crippen LogP contribution in [-0.2, 0) is 0 Å². The molecule has 1 rings (SSSR count). The molecule has 0 aliphatic heterocycles. The van der Waals surface area contributed by atoms with Crippen LogP contribution in [0.25, 0.3) is 0 Å². The van der Waals surface area contributed by atoms with Crippen LogP contribution in [0, 0.1) is 5.92 Å². The van der Waals surface area contributed by atoms with Crippen LogP contribution in [0.3, 0.4) is 0 Å². The first-order chi connectivity index (χ1) is 6.24. The molecule has 1 fully saturated rings. The molecule has 0 aromatic carbocycles. The molecule has 1 N–H and O–H groups in total. The van der Waals surface area contributed by atoms with Gasteiger partial charge in [-0.1, -0.05) is 32.3 Å². The highest BCUT2D eigenvalue weighted by Gasteiger charge is 2.19.